The second kappa shape index (κ2) is 14.8. The number of hydrogen-bond donors (Lipinski definition) is 3. The van der Waals surface area contributed by atoms with Crippen LogP contribution in [0.25, 0.3) is 0 Å². The zero-order chi connectivity index (χ0) is 16.6. The van der Waals surface area contributed by atoms with Crippen molar-refractivity contribution < 1.29 is 20.1 Å². The van der Waals surface area contributed by atoms with Gasteiger partial charge in [-0.1, -0.05) is 50.5 Å². The van der Waals surface area contributed by atoms with E-state index in [2.05, 4.69) is 12.2 Å². The van der Waals surface area contributed by atoms with Crippen molar-refractivity contribution >= 4 is 5.97 Å². The molecule has 3 N–H and O–H groups in total. The highest BCUT2D eigenvalue weighted by molar-refractivity contribution is 5.66. The fourth-order valence-corrected chi connectivity index (χ4v) is 2.12. The molecule has 0 rings (SSSR count). The number of unbranched alkanes of at least 4 members (excludes halogenated alkanes) is 5. The lowest BCUT2D eigenvalue weighted by Gasteiger charge is -2.13. The molecule has 0 spiro atoms. The lowest BCUT2D eigenvalue weighted by atomic mass is 10.1. The van der Waals surface area contributed by atoms with E-state index in [4.69, 9.17) is 5.11 Å². The van der Waals surface area contributed by atoms with Gasteiger partial charge in [0.2, 0.25) is 0 Å². The van der Waals surface area contributed by atoms with Crippen molar-refractivity contribution in [3.05, 3.63) is 24.3 Å². The van der Waals surface area contributed by atoms with Gasteiger partial charge in [0.05, 0.1) is 12.2 Å². The Labute approximate surface area is 134 Å². The molecule has 0 aromatic heterocycles. The average Bonchev–Trinajstić information content (AvgIpc) is 2.50. The Morgan fingerprint density at radius 3 is 2.23 bits per heavy atom. The van der Waals surface area contributed by atoms with Crippen LogP contribution >= 0.6 is 0 Å². The normalized spacial score (nSPS) is 14.7. The maximum Gasteiger partial charge on any atom is 0.303 e. The van der Waals surface area contributed by atoms with Gasteiger partial charge in [0.25, 0.3) is 0 Å². The highest BCUT2D eigenvalue weighted by atomic mass is 16.4. The molecule has 0 heterocycles. The van der Waals surface area contributed by atoms with Crippen molar-refractivity contribution in [3.8, 4) is 0 Å². The Morgan fingerprint density at radius 2 is 1.55 bits per heavy atom. The summed E-state index contributed by atoms with van der Waals surface area (Å²) >= 11 is 0. The van der Waals surface area contributed by atoms with E-state index < -0.39 is 18.2 Å². The number of aliphatic hydroxyl groups is 2. The summed E-state index contributed by atoms with van der Waals surface area (Å²) in [5, 5.41) is 27.5. The summed E-state index contributed by atoms with van der Waals surface area (Å²) in [6, 6.07) is 0. The van der Waals surface area contributed by atoms with Crippen LogP contribution in [0.15, 0.2) is 24.3 Å². The zero-order valence-corrected chi connectivity index (χ0v) is 13.8. The van der Waals surface area contributed by atoms with Crippen molar-refractivity contribution in [3.63, 3.8) is 0 Å². The van der Waals surface area contributed by atoms with Crippen molar-refractivity contribution in [2.45, 2.75) is 83.3 Å². The number of aliphatic hydroxyl groups excluding tert-OH is 2. The molecule has 0 amide bonds. The van der Waals surface area contributed by atoms with Crippen LogP contribution in [0.2, 0.25) is 0 Å². The second-order valence-corrected chi connectivity index (χ2v) is 5.66. The molecule has 0 aromatic rings. The molecule has 0 aromatic carbocycles. The van der Waals surface area contributed by atoms with Crippen LogP contribution in [-0.2, 0) is 4.79 Å². The number of allylic oxidation sites excluding steroid dienone is 3. The first kappa shape index (κ1) is 20.9. The summed E-state index contributed by atoms with van der Waals surface area (Å²) in [6.45, 7) is 1.85. The van der Waals surface area contributed by atoms with E-state index in [1.165, 1.54) is 0 Å². The van der Waals surface area contributed by atoms with E-state index in [9.17, 15) is 15.0 Å². The molecule has 0 aliphatic heterocycles. The minimum atomic E-state index is -0.701. The third kappa shape index (κ3) is 13.8. The number of carboxylic acids is 1. The van der Waals surface area contributed by atoms with E-state index in [1.807, 2.05) is 19.1 Å². The monoisotopic (exact) mass is 312 g/mol. The predicted octanol–water partition coefficient (Wildman–Crippen LogP) is 3.83. The van der Waals surface area contributed by atoms with E-state index >= 15 is 0 Å². The summed E-state index contributed by atoms with van der Waals surface area (Å²) < 4.78 is 0. The number of aliphatic carboxylic acids is 1. The molecule has 0 saturated heterocycles. The Kier molecular flexibility index (Phi) is 14.0. The van der Waals surface area contributed by atoms with Gasteiger partial charge in [-0.05, 0) is 38.5 Å². The van der Waals surface area contributed by atoms with Gasteiger partial charge < -0.3 is 15.3 Å². The summed E-state index contributed by atoms with van der Waals surface area (Å²) in [5.41, 5.74) is 0. The van der Waals surface area contributed by atoms with Crippen molar-refractivity contribution in [2.24, 2.45) is 0 Å². The SMILES string of the molecule is CCC(O)C(O)CC=CCC=CCCCCCCCC(=O)O. The second-order valence-electron chi connectivity index (χ2n) is 5.66. The van der Waals surface area contributed by atoms with Crippen LogP contribution in [0.3, 0.4) is 0 Å². The molecule has 2 unspecified atom stereocenters. The summed E-state index contributed by atoms with van der Waals surface area (Å²) in [6.07, 6.45) is 15.4. The van der Waals surface area contributed by atoms with E-state index in [0.29, 0.717) is 12.8 Å². The fourth-order valence-electron chi connectivity index (χ4n) is 2.12. The molecule has 22 heavy (non-hydrogen) atoms. The largest absolute Gasteiger partial charge is 0.481 e. The number of hydrogen-bond acceptors (Lipinski definition) is 3. The van der Waals surface area contributed by atoms with Gasteiger partial charge in [0.1, 0.15) is 0 Å². The van der Waals surface area contributed by atoms with Crippen LogP contribution < -0.4 is 0 Å². The average molecular weight is 312 g/mol. The third-order valence-corrected chi connectivity index (χ3v) is 3.61. The maximum absolute atomic E-state index is 10.3. The Hall–Kier alpha value is -1.13. The van der Waals surface area contributed by atoms with Crippen molar-refractivity contribution in [2.75, 3.05) is 0 Å². The minimum absolute atomic E-state index is 0.288. The van der Waals surface area contributed by atoms with Crippen molar-refractivity contribution in [1.29, 1.82) is 0 Å². The molecule has 128 valence electrons. The van der Waals surface area contributed by atoms with Crippen LogP contribution in [0.4, 0.5) is 0 Å². The minimum Gasteiger partial charge on any atom is -0.481 e. The summed E-state index contributed by atoms with van der Waals surface area (Å²) in [5.74, 6) is -0.701. The van der Waals surface area contributed by atoms with E-state index in [1.54, 1.807) is 0 Å². The molecule has 0 radical (unpaired) electrons. The van der Waals surface area contributed by atoms with Gasteiger partial charge in [-0.3, -0.25) is 4.79 Å². The van der Waals surface area contributed by atoms with Gasteiger partial charge in [-0.25, -0.2) is 0 Å². The molecule has 4 heteroatoms. The highest BCUT2D eigenvalue weighted by Gasteiger charge is 2.11. The lowest BCUT2D eigenvalue weighted by molar-refractivity contribution is -0.137. The zero-order valence-electron chi connectivity index (χ0n) is 13.8. The Balaban J connectivity index is 3.39. The first-order chi connectivity index (χ1) is 10.6. The fraction of sp³-hybridized carbons (Fsp3) is 0.722. The predicted molar refractivity (Wildman–Crippen MR) is 89.8 cm³/mol. The molecular weight excluding hydrogens is 280 g/mol. The molecule has 0 bridgehead atoms. The Morgan fingerprint density at radius 1 is 0.909 bits per heavy atom. The van der Waals surface area contributed by atoms with Gasteiger partial charge in [0, 0.05) is 6.42 Å². The molecular formula is C18H32O4. The van der Waals surface area contributed by atoms with Crippen LogP contribution in [0.5, 0.6) is 0 Å². The molecule has 0 fully saturated rings. The van der Waals surface area contributed by atoms with E-state index in [0.717, 1.165) is 44.9 Å². The smallest absolute Gasteiger partial charge is 0.303 e. The highest BCUT2D eigenvalue weighted by Crippen LogP contribution is 2.08. The van der Waals surface area contributed by atoms with Gasteiger partial charge in [-0.2, -0.15) is 0 Å². The molecule has 4 nitrogen and oxygen atoms in total. The summed E-state index contributed by atoms with van der Waals surface area (Å²) in [4.78, 5) is 10.3. The standard InChI is InChI=1S/C18H32O4/c1-2-16(19)17(20)14-12-10-8-6-4-3-5-7-9-11-13-15-18(21)22/h4,6,10,12,16-17,19-20H,2-3,5,7-9,11,13-15H2,1H3,(H,21,22). The molecule has 0 saturated carbocycles. The van der Waals surface area contributed by atoms with E-state index in [-0.39, 0.29) is 6.42 Å². The number of carboxylic acid groups (broad SMARTS) is 1. The molecule has 0 aliphatic rings. The van der Waals surface area contributed by atoms with Gasteiger partial charge in [-0.15, -0.1) is 0 Å². The summed E-state index contributed by atoms with van der Waals surface area (Å²) in [7, 11) is 0. The van der Waals surface area contributed by atoms with Crippen LogP contribution in [0, 0.1) is 0 Å². The van der Waals surface area contributed by atoms with Crippen LogP contribution in [-0.4, -0.2) is 33.5 Å². The van der Waals surface area contributed by atoms with Gasteiger partial charge in [0.15, 0.2) is 0 Å². The maximum atomic E-state index is 10.3. The number of rotatable bonds is 14. The van der Waals surface area contributed by atoms with Crippen molar-refractivity contribution in [1.82, 2.24) is 0 Å². The quantitative estimate of drug-likeness (QED) is 0.336. The van der Waals surface area contributed by atoms with Crippen LogP contribution in [0.1, 0.15) is 71.1 Å². The lowest BCUT2D eigenvalue weighted by Crippen LogP contribution is -2.23. The van der Waals surface area contributed by atoms with Gasteiger partial charge >= 0.3 is 5.97 Å². The molecule has 2 atom stereocenters. The Bertz CT molecular complexity index is 323. The first-order valence-electron chi connectivity index (χ1n) is 8.45. The number of carbonyl (C=O) groups is 1. The first-order valence-corrected chi connectivity index (χ1v) is 8.45. The topological polar surface area (TPSA) is 77.8 Å². The molecule has 0 aliphatic carbocycles. The third-order valence-electron chi connectivity index (χ3n) is 3.61.